The predicted octanol–water partition coefficient (Wildman–Crippen LogP) is 1.62. The highest BCUT2D eigenvalue weighted by Crippen LogP contribution is 2.31. The number of amides is 1. The Hall–Kier alpha value is -1.93. The van der Waals surface area contributed by atoms with Crippen LogP contribution in [0.3, 0.4) is 0 Å². The molecule has 1 fully saturated rings. The molecule has 0 aliphatic carbocycles. The Morgan fingerprint density at radius 3 is 2.64 bits per heavy atom. The largest absolute Gasteiger partial charge is 0.481 e. The molecule has 138 valence electrons. The Morgan fingerprint density at radius 2 is 2.04 bits per heavy atom. The minimum atomic E-state index is -3.66. The van der Waals surface area contributed by atoms with E-state index in [4.69, 9.17) is 0 Å². The van der Waals surface area contributed by atoms with Crippen molar-refractivity contribution in [2.45, 2.75) is 38.5 Å². The van der Waals surface area contributed by atoms with Gasteiger partial charge >= 0.3 is 5.97 Å². The van der Waals surface area contributed by atoms with Gasteiger partial charge in [-0.1, -0.05) is 13.0 Å². The number of rotatable bonds is 5. The summed E-state index contributed by atoms with van der Waals surface area (Å²) >= 11 is 0. The highest BCUT2D eigenvalue weighted by Gasteiger charge is 2.39. The lowest BCUT2D eigenvalue weighted by atomic mass is 9.82. The number of carboxylic acids is 1. The molecule has 0 saturated carbocycles. The monoisotopic (exact) mass is 368 g/mol. The van der Waals surface area contributed by atoms with Crippen molar-refractivity contribution >= 4 is 21.9 Å². The normalized spacial score (nSPS) is 21.2. The summed E-state index contributed by atoms with van der Waals surface area (Å²) in [5, 5.41) is 9.41. The van der Waals surface area contributed by atoms with Gasteiger partial charge in [-0.2, -0.15) is 0 Å². The summed E-state index contributed by atoms with van der Waals surface area (Å²) in [6.45, 7) is 5.88. The number of piperidine rings is 1. The fourth-order valence-electron chi connectivity index (χ4n) is 3.03. The van der Waals surface area contributed by atoms with Crippen molar-refractivity contribution in [3.63, 3.8) is 0 Å². The number of carbonyl (C=O) groups excluding carboxylic acids is 1. The van der Waals surface area contributed by atoms with Gasteiger partial charge < -0.3 is 10.0 Å². The minimum absolute atomic E-state index is 0.0290. The van der Waals surface area contributed by atoms with E-state index in [9.17, 15) is 23.1 Å². The van der Waals surface area contributed by atoms with Crippen LogP contribution in [0.25, 0.3) is 0 Å². The van der Waals surface area contributed by atoms with Gasteiger partial charge in [-0.3, -0.25) is 9.59 Å². The SMILES string of the molecule is CCNS(=O)(=O)c1ccc(C)c(C(=O)N2CCCC(C)(C(=O)O)C2)c1. The summed E-state index contributed by atoms with van der Waals surface area (Å²) in [5.41, 5.74) is -0.0356. The third kappa shape index (κ3) is 4.01. The van der Waals surface area contributed by atoms with Gasteiger partial charge in [0.2, 0.25) is 10.0 Å². The fourth-order valence-corrected chi connectivity index (χ4v) is 4.10. The van der Waals surface area contributed by atoms with Crippen LogP contribution in [-0.4, -0.2) is 49.9 Å². The van der Waals surface area contributed by atoms with E-state index in [1.165, 1.54) is 17.0 Å². The van der Waals surface area contributed by atoms with Gasteiger partial charge in [0.1, 0.15) is 0 Å². The van der Waals surface area contributed by atoms with Crippen LogP contribution >= 0.6 is 0 Å². The molecule has 1 atom stereocenters. The number of carbonyl (C=O) groups is 2. The Morgan fingerprint density at radius 1 is 1.36 bits per heavy atom. The van der Waals surface area contributed by atoms with E-state index in [2.05, 4.69) is 4.72 Å². The number of nitrogens with zero attached hydrogens (tertiary/aromatic N) is 1. The zero-order chi connectivity index (χ0) is 18.8. The molecule has 7 nitrogen and oxygen atoms in total. The van der Waals surface area contributed by atoms with Gasteiger partial charge in [-0.25, -0.2) is 13.1 Å². The van der Waals surface area contributed by atoms with Gasteiger partial charge in [-0.05, 0) is 44.4 Å². The Kier molecular flexibility index (Phi) is 5.53. The van der Waals surface area contributed by atoms with E-state index in [1.54, 1.807) is 26.8 Å². The van der Waals surface area contributed by atoms with Crippen molar-refractivity contribution in [3.05, 3.63) is 29.3 Å². The highest BCUT2D eigenvalue weighted by molar-refractivity contribution is 7.89. The van der Waals surface area contributed by atoms with E-state index in [0.29, 0.717) is 24.9 Å². The van der Waals surface area contributed by atoms with Gasteiger partial charge in [0.05, 0.1) is 10.3 Å². The molecule has 1 heterocycles. The van der Waals surface area contributed by atoms with Crippen LogP contribution in [0.5, 0.6) is 0 Å². The zero-order valence-electron chi connectivity index (χ0n) is 14.7. The second-order valence-electron chi connectivity index (χ2n) is 6.67. The summed E-state index contributed by atoms with van der Waals surface area (Å²) in [4.78, 5) is 25.9. The van der Waals surface area contributed by atoms with Crippen molar-refractivity contribution < 1.29 is 23.1 Å². The zero-order valence-corrected chi connectivity index (χ0v) is 15.5. The predicted molar refractivity (Wildman–Crippen MR) is 92.9 cm³/mol. The van der Waals surface area contributed by atoms with E-state index in [0.717, 1.165) is 0 Å². The number of hydrogen-bond acceptors (Lipinski definition) is 4. The van der Waals surface area contributed by atoms with Gasteiger partial charge in [0.15, 0.2) is 0 Å². The molecule has 1 aromatic rings. The minimum Gasteiger partial charge on any atom is -0.481 e. The molecule has 1 unspecified atom stereocenters. The first-order valence-corrected chi connectivity index (χ1v) is 9.72. The standard InChI is InChI=1S/C17H24N2O5S/c1-4-18-25(23,24)13-7-6-12(2)14(10-13)15(20)19-9-5-8-17(3,11-19)16(21)22/h6-7,10,18H,4-5,8-9,11H2,1-3H3,(H,21,22). The van der Waals surface area contributed by atoms with Crippen LogP contribution in [0.2, 0.25) is 0 Å². The third-order valence-electron chi connectivity index (χ3n) is 4.58. The maximum Gasteiger partial charge on any atom is 0.311 e. The van der Waals surface area contributed by atoms with Crippen molar-refractivity contribution in [1.82, 2.24) is 9.62 Å². The van der Waals surface area contributed by atoms with Crippen molar-refractivity contribution in [1.29, 1.82) is 0 Å². The lowest BCUT2D eigenvalue weighted by Gasteiger charge is -2.37. The average Bonchev–Trinajstić information content (AvgIpc) is 2.54. The van der Waals surface area contributed by atoms with Crippen LogP contribution in [0.1, 0.15) is 42.6 Å². The average molecular weight is 368 g/mol. The van der Waals surface area contributed by atoms with E-state index in [-0.39, 0.29) is 29.5 Å². The molecule has 25 heavy (non-hydrogen) atoms. The van der Waals surface area contributed by atoms with Crippen LogP contribution < -0.4 is 4.72 Å². The van der Waals surface area contributed by atoms with Gasteiger partial charge in [-0.15, -0.1) is 0 Å². The number of hydrogen-bond donors (Lipinski definition) is 2. The number of aryl methyl sites for hydroxylation is 1. The van der Waals surface area contributed by atoms with E-state index in [1.807, 2.05) is 0 Å². The summed E-state index contributed by atoms with van der Waals surface area (Å²) in [6.07, 6.45) is 1.11. The first-order valence-electron chi connectivity index (χ1n) is 8.24. The fraction of sp³-hybridized carbons (Fsp3) is 0.529. The number of sulfonamides is 1. The molecule has 0 spiro atoms. The molecule has 1 saturated heterocycles. The summed E-state index contributed by atoms with van der Waals surface area (Å²) in [5.74, 6) is -1.26. The van der Waals surface area contributed by atoms with Crippen molar-refractivity contribution in [2.24, 2.45) is 5.41 Å². The molecule has 1 amide bonds. The van der Waals surface area contributed by atoms with Crippen LogP contribution in [-0.2, 0) is 14.8 Å². The molecule has 0 bridgehead atoms. The molecule has 1 aliphatic heterocycles. The maximum absolute atomic E-state index is 12.9. The quantitative estimate of drug-likeness (QED) is 0.822. The maximum atomic E-state index is 12.9. The summed E-state index contributed by atoms with van der Waals surface area (Å²) < 4.78 is 26.7. The van der Waals surface area contributed by atoms with E-state index < -0.39 is 21.4 Å². The third-order valence-corrected chi connectivity index (χ3v) is 6.13. The molecular formula is C17H24N2O5S. The highest BCUT2D eigenvalue weighted by atomic mass is 32.2. The lowest BCUT2D eigenvalue weighted by Crippen LogP contribution is -2.48. The number of likely N-dealkylation sites (tertiary alicyclic amines) is 1. The molecule has 2 N–H and O–H groups in total. The summed E-state index contributed by atoms with van der Waals surface area (Å²) in [7, 11) is -3.66. The molecule has 8 heteroatoms. The second kappa shape index (κ2) is 7.13. The van der Waals surface area contributed by atoms with Gasteiger partial charge in [0, 0.05) is 25.2 Å². The van der Waals surface area contributed by atoms with Crippen LogP contribution in [0.4, 0.5) is 0 Å². The van der Waals surface area contributed by atoms with Gasteiger partial charge in [0.25, 0.3) is 5.91 Å². The van der Waals surface area contributed by atoms with Crippen molar-refractivity contribution in [2.75, 3.05) is 19.6 Å². The lowest BCUT2D eigenvalue weighted by molar-refractivity contribution is -0.150. The Balaban J connectivity index is 2.35. The first kappa shape index (κ1) is 19.4. The first-order chi connectivity index (χ1) is 11.6. The molecule has 0 radical (unpaired) electrons. The van der Waals surface area contributed by atoms with Crippen molar-refractivity contribution in [3.8, 4) is 0 Å². The van der Waals surface area contributed by atoms with Crippen LogP contribution in [0.15, 0.2) is 23.1 Å². The molecule has 1 aromatic carbocycles. The number of nitrogens with one attached hydrogen (secondary N) is 1. The summed E-state index contributed by atoms with van der Waals surface area (Å²) in [6, 6.07) is 4.42. The second-order valence-corrected chi connectivity index (χ2v) is 8.44. The molecule has 1 aliphatic rings. The molecule has 2 rings (SSSR count). The Bertz CT molecular complexity index is 790. The Labute approximate surface area is 148 Å². The topological polar surface area (TPSA) is 104 Å². The smallest absolute Gasteiger partial charge is 0.311 e. The van der Waals surface area contributed by atoms with E-state index >= 15 is 0 Å². The number of carboxylic acid groups (broad SMARTS) is 1. The molecular weight excluding hydrogens is 344 g/mol. The number of benzene rings is 1. The molecule has 0 aromatic heterocycles. The number of aliphatic carboxylic acids is 1. The van der Waals surface area contributed by atoms with Crippen LogP contribution in [0, 0.1) is 12.3 Å².